The van der Waals surface area contributed by atoms with Gasteiger partial charge < -0.3 is 26.3 Å². The predicted octanol–water partition coefficient (Wildman–Crippen LogP) is 3.68. The number of carbonyl (C=O) groups excluding carboxylic acids is 1. The molecule has 2 aromatic rings. The van der Waals surface area contributed by atoms with Gasteiger partial charge in [0.25, 0.3) is 5.91 Å². The fourth-order valence-electron chi connectivity index (χ4n) is 3.60. The fourth-order valence-corrected chi connectivity index (χ4v) is 4.68. The van der Waals surface area contributed by atoms with Gasteiger partial charge in [0.05, 0.1) is 19.8 Å². The Morgan fingerprint density at radius 1 is 1.28 bits per heavy atom. The van der Waals surface area contributed by atoms with Gasteiger partial charge in [-0.25, -0.2) is 4.98 Å². The topological polar surface area (TPSA) is 112 Å². The van der Waals surface area contributed by atoms with Crippen LogP contribution in [0.2, 0.25) is 0 Å². The van der Waals surface area contributed by atoms with Crippen molar-refractivity contribution in [3.63, 3.8) is 0 Å². The van der Waals surface area contributed by atoms with E-state index in [4.69, 9.17) is 20.9 Å². The van der Waals surface area contributed by atoms with Crippen LogP contribution in [-0.4, -0.2) is 36.8 Å². The van der Waals surface area contributed by atoms with Crippen molar-refractivity contribution >= 4 is 17.2 Å². The minimum absolute atomic E-state index is 0.00661. The highest BCUT2D eigenvalue weighted by Crippen LogP contribution is 2.41. The largest absolute Gasteiger partial charge is 0.488 e. The Labute approximate surface area is 192 Å². The molecule has 1 aromatic carbocycles. The highest BCUT2D eigenvalue weighted by Gasteiger charge is 2.23. The Morgan fingerprint density at radius 3 is 2.81 bits per heavy atom. The van der Waals surface area contributed by atoms with Gasteiger partial charge in [-0.2, -0.15) is 0 Å². The maximum atomic E-state index is 12.9. The molecular formula is C24H30N4O3S. The van der Waals surface area contributed by atoms with Crippen LogP contribution in [0.4, 0.5) is 0 Å². The number of ether oxygens (including phenoxy) is 2. The SMILES string of the molecule is C/C(N)=C/C=C(\N)CNC(=O)c1cc(OC2CCOC2)cc(-c2ncc(C3CCC3)s2)c1. The predicted molar refractivity (Wildman–Crippen MR) is 127 cm³/mol. The fraction of sp³-hybridized carbons (Fsp3) is 0.417. The van der Waals surface area contributed by atoms with Crippen molar-refractivity contribution < 1.29 is 14.3 Å². The van der Waals surface area contributed by atoms with E-state index in [1.54, 1.807) is 36.5 Å². The molecule has 2 heterocycles. The zero-order valence-corrected chi connectivity index (χ0v) is 19.1. The maximum Gasteiger partial charge on any atom is 0.251 e. The van der Waals surface area contributed by atoms with Gasteiger partial charge in [-0.05, 0) is 56.0 Å². The standard InChI is InChI=1S/C24H30N4O3S/c1-15(25)5-6-19(26)12-27-23(29)17-9-18(11-21(10-17)31-20-7-8-30-14-20)24-28-13-22(32-24)16-3-2-4-16/h5-6,9-11,13,16,20H,2-4,7-8,12,14,25-26H2,1H3,(H,27,29)/b15-5-,19-6-. The molecule has 170 valence electrons. The molecule has 1 unspecified atom stereocenters. The van der Waals surface area contributed by atoms with Gasteiger partial charge in [-0.3, -0.25) is 4.79 Å². The number of nitrogens with two attached hydrogens (primary N) is 2. The van der Waals surface area contributed by atoms with Gasteiger partial charge in [-0.15, -0.1) is 11.3 Å². The number of thiazole rings is 1. The minimum Gasteiger partial charge on any atom is -0.488 e. The first-order chi connectivity index (χ1) is 15.5. The molecule has 1 atom stereocenters. The second-order valence-corrected chi connectivity index (χ2v) is 9.44. The van der Waals surface area contributed by atoms with Crippen molar-refractivity contribution in [2.24, 2.45) is 11.5 Å². The summed E-state index contributed by atoms with van der Waals surface area (Å²) in [7, 11) is 0. The highest BCUT2D eigenvalue weighted by atomic mass is 32.1. The molecule has 2 aliphatic rings. The Kier molecular flexibility index (Phi) is 7.12. The summed E-state index contributed by atoms with van der Waals surface area (Å²) in [5.74, 6) is 1.05. The third-order valence-electron chi connectivity index (χ3n) is 5.65. The molecule has 1 amide bonds. The molecule has 0 radical (unpaired) electrons. The van der Waals surface area contributed by atoms with Gasteiger partial charge in [0.1, 0.15) is 16.9 Å². The second-order valence-electron chi connectivity index (χ2n) is 8.38. The molecule has 32 heavy (non-hydrogen) atoms. The van der Waals surface area contributed by atoms with E-state index < -0.39 is 0 Å². The average Bonchev–Trinajstić information content (AvgIpc) is 3.41. The van der Waals surface area contributed by atoms with Crippen LogP contribution in [0.15, 0.2) is 47.9 Å². The van der Waals surface area contributed by atoms with Crippen molar-refractivity contribution in [2.75, 3.05) is 19.8 Å². The highest BCUT2D eigenvalue weighted by molar-refractivity contribution is 7.15. The Balaban J connectivity index is 1.55. The summed E-state index contributed by atoms with van der Waals surface area (Å²) in [4.78, 5) is 18.8. The van der Waals surface area contributed by atoms with Crippen LogP contribution in [0.3, 0.4) is 0 Å². The summed E-state index contributed by atoms with van der Waals surface area (Å²) in [6.45, 7) is 3.25. The number of amides is 1. The lowest BCUT2D eigenvalue weighted by atomic mass is 9.85. The number of rotatable bonds is 8. The number of aromatic nitrogens is 1. The monoisotopic (exact) mass is 454 g/mol. The second kappa shape index (κ2) is 10.2. The number of carbonyl (C=O) groups is 1. The van der Waals surface area contributed by atoms with E-state index in [-0.39, 0.29) is 18.6 Å². The van der Waals surface area contributed by atoms with E-state index in [0.717, 1.165) is 17.0 Å². The molecule has 1 saturated carbocycles. The molecule has 4 rings (SSSR count). The normalized spacial score (nSPS) is 19.6. The Hall–Kier alpha value is -2.84. The van der Waals surface area contributed by atoms with E-state index in [1.165, 1.54) is 24.1 Å². The molecule has 8 heteroatoms. The van der Waals surface area contributed by atoms with Gasteiger partial charge in [0.15, 0.2) is 0 Å². The van der Waals surface area contributed by atoms with Crippen LogP contribution in [-0.2, 0) is 4.74 Å². The van der Waals surface area contributed by atoms with E-state index in [9.17, 15) is 4.79 Å². The summed E-state index contributed by atoms with van der Waals surface area (Å²) < 4.78 is 11.5. The van der Waals surface area contributed by atoms with Crippen LogP contribution in [0.25, 0.3) is 10.6 Å². The van der Waals surface area contributed by atoms with Crippen LogP contribution in [0, 0.1) is 0 Å². The lowest BCUT2D eigenvalue weighted by Gasteiger charge is -2.23. The van der Waals surface area contributed by atoms with Gasteiger partial charge in [-0.1, -0.05) is 6.42 Å². The quantitative estimate of drug-likeness (QED) is 0.525. The van der Waals surface area contributed by atoms with Crippen LogP contribution >= 0.6 is 11.3 Å². The Bertz CT molecular complexity index is 1020. The zero-order chi connectivity index (χ0) is 22.5. The molecular weight excluding hydrogens is 424 g/mol. The number of nitrogens with zero attached hydrogens (tertiary/aromatic N) is 1. The smallest absolute Gasteiger partial charge is 0.251 e. The van der Waals surface area contributed by atoms with Crippen LogP contribution in [0.5, 0.6) is 5.75 Å². The summed E-state index contributed by atoms with van der Waals surface area (Å²) in [6, 6.07) is 5.59. The zero-order valence-electron chi connectivity index (χ0n) is 18.3. The number of nitrogens with one attached hydrogen (secondary N) is 1. The van der Waals surface area contributed by atoms with Crippen LogP contribution in [0.1, 0.15) is 53.8 Å². The molecule has 1 aromatic heterocycles. The van der Waals surface area contributed by atoms with Crippen LogP contribution < -0.4 is 21.5 Å². The van der Waals surface area contributed by atoms with Gasteiger partial charge in [0.2, 0.25) is 0 Å². The van der Waals surface area contributed by atoms with Gasteiger partial charge in [0, 0.05) is 40.0 Å². The third kappa shape index (κ3) is 5.69. The molecule has 1 saturated heterocycles. The first-order valence-corrected chi connectivity index (χ1v) is 11.8. The van der Waals surface area contributed by atoms with Gasteiger partial charge >= 0.3 is 0 Å². The molecule has 1 aliphatic carbocycles. The van der Waals surface area contributed by atoms with Crippen molar-refractivity contribution in [1.29, 1.82) is 0 Å². The molecule has 0 bridgehead atoms. The lowest BCUT2D eigenvalue weighted by Crippen LogP contribution is -2.28. The Morgan fingerprint density at radius 2 is 2.12 bits per heavy atom. The van der Waals surface area contributed by atoms with E-state index >= 15 is 0 Å². The summed E-state index contributed by atoms with van der Waals surface area (Å²) in [5, 5.41) is 3.76. The van der Waals surface area contributed by atoms with Crippen molar-refractivity contribution in [1.82, 2.24) is 10.3 Å². The van der Waals surface area contributed by atoms with E-state index in [1.807, 2.05) is 18.3 Å². The molecule has 7 nitrogen and oxygen atoms in total. The van der Waals surface area contributed by atoms with E-state index in [2.05, 4.69) is 10.3 Å². The van der Waals surface area contributed by atoms with E-state index in [0.29, 0.717) is 41.8 Å². The van der Waals surface area contributed by atoms with Crippen molar-refractivity contribution in [2.45, 2.75) is 44.6 Å². The molecule has 1 aliphatic heterocycles. The minimum atomic E-state index is -0.222. The molecule has 5 N–H and O–H groups in total. The first-order valence-electron chi connectivity index (χ1n) is 11.0. The maximum absolute atomic E-state index is 12.9. The number of benzene rings is 1. The van der Waals surface area contributed by atoms with Crippen molar-refractivity contribution in [3.05, 3.63) is 58.4 Å². The molecule has 2 fully saturated rings. The number of hydrogen-bond acceptors (Lipinski definition) is 7. The molecule has 0 spiro atoms. The third-order valence-corrected chi connectivity index (χ3v) is 6.86. The summed E-state index contributed by atoms with van der Waals surface area (Å²) in [5.41, 5.74) is 14.1. The number of hydrogen-bond donors (Lipinski definition) is 3. The number of allylic oxidation sites excluding steroid dienone is 3. The van der Waals surface area contributed by atoms with Crippen molar-refractivity contribution in [3.8, 4) is 16.3 Å². The average molecular weight is 455 g/mol. The lowest BCUT2D eigenvalue weighted by molar-refractivity contribution is 0.0955. The summed E-state index contributed by atoms with van der Waals surface area (Å²) >= 11 is 1.70. The summed E-state index contributed by atoms with van der Waals surface area (Å²) in [6.07, 6.45) is 9.95. The first kappa shape index (κ1) is 22.4.